The van der Waals surface area contributed by atoms with Gasteiger partial charge in [0, 0.05) is 24.5 Å². The highest BCUT2D eigenvalue weighted by Gasteiger charge is 2.51. The SMILES string of the molecule is CNc1ccc(B2OC(C)(C)C(C)(C)O2)cc1C=N. The predicted molar refractivity (Wildman–Crippen MR) is 79.6 cm³/mol. The van der Waals surface area contributed by atoms with Crippen molar-refractivity contribution in [1.82, 2.24) is 0 Å². The van der Waals surface area contributed by atoms with E-state index in [1.165, 1.54) is 6.21 Å². The highest BCUT2D eigenvalue weighted by atomic mass is 16.7. The maximum atomic E-state index is 7.46. The molecule has 5 heteroatoms. The molecule has 0 spiro atoms. The zero-order valence-electron chi connectivity index (χ0n) is 12.2. The van der Waals surface area contributed by atoms with Gasteiger partial charge in [-0.05, 0) is 39.2 Å². The van der Waals surface area contributed by atoms with Crippen LogP contribution in [0.2, 0.25) is 0 Å². The van der Waals surface area contributed by atoms with Crippen molar-refractivity contribution in [2.75, 3.05) is 12.4 Å². The van der Waals surface area contributed by atoms with Gasteiger partial charge in [-0.15, -0.1) is 0 Å². The average Bonchev–Trinajstić information content (AvgIpc) is 2.57. The Bertz CT molecular complexity index is 484. The van der Waals surface area contributed by atoms with E-state index in [-0.39, 0.29) is 18.3 Å². The summed E-state index contributed by atoms with van der Waals surface area (Å²) in [5, 5.41) is 10.5. The number of anilines is 1. The fourth-order valence-corrected chi connectivity index (χ4v) is 2.05. The summed E-state index contributed by atoms with van der Waals surface area (Å²) in [4.78, 5) is 0. The van der Waals surface area contributed by atoms with E-state index in [0.29, 0.717) is 0 Å². The molecule has 19 heavy (non-hydrogen) atoms. The molecule has 0 aliphatic carbocycles. The largest absolute Gasteiger partial charge is 0.494 e. The molecule has 0 unspecified atom stereocenters. The minimum absolute atomic E-state index is 0.343. The monoisotopic (exact) mass is 260 g/mol. The van der Waals surface area contributed by atoms with Crippen molar-refractivity contribution in [3.63, 3.8) is 0 Å². The number of hydrogen-bond donors (Lipinski definition) is 2. The fourth-order valence-electron chi connectivity index (χ4n) is 2.05. The maximum Gasteiger partial charge on any atom is 0.494 e. The second kappa shape index (κ2) is 4.65. The fraction of sp³-hybridized carbons (Fsp3) is 0.500. The lowest BCUT2D eigenvalue weighted by atomic mass is 9.78. The highest BCUT2D eigenvalue weighted by Crippen LogP contribution is 2.36. The predicted octanol–water partition coefficient (Wildman–Crippen LogP) is 2.03. The molecular formula is C14H21BN2O2. The van der Waals surface area contributed by atoms with Crippen molar-refractivity contribution in [2.45, 2.75) is 38.9 Å². The second-order valence-corrected chi connectivity index (χ2v) is 5.83. The molecule has 0 saturated carbocycles. The minimum atomic E-state index is -0.380. The van der Waals surface area contributed by atoms with E-state index in [2.05, 4.69) is 5.32 Å². The van der Waals surface area contributed by atoms with E-state index < -0.39 is 0 Å². The maximum absolute atomic E-state index is 7.46. The lowest BCUT2D eigenvalue weighted by Crippen LogP contribution is -2.41. The van der Waals surface area contributed by atoms with Gasteiger partial charge in [0.05, 0.1) is 11.2 Å². The van der Waals surface area contributed by atoms with E-state index in [4.69, 9.17) is 14.7 Å². The van der Waals surface area contributed by atoms with Gasteiger partial charge in [0.25, 0.3) is 0 Å². The molecule has 1 aliphatic heterocycles. The molecule has 1 fully saturated rings. The van der Waals surface area contributed by atoms with E-state index in [9.17, 15) is 0 Å². The van der Waals surface area contributed by atoms with Gasteiger partial charge in [-0.3, -0.25) is 0 Å². The summed E-state index contributed by atoms with van der Waals surface area (Å²) in [6, 6.07) is 5.85. The van der Waals surface area contributed by atoms with E-state index in [1.54, 1.807) is 0 Å². The average molecular weight is 260 g/mol. The van der Waals surface area contributed by atoms with E-state index >= 15 is 0 Å². The summed E-state index contributed by atoms with van der Waals surface area (Å²) in [5.41, 5.74) is 2.01. The standard InChI is InChI=1S/C14H21BN2O2/c1-13(2)14(3,4)19-15(18-13)11-6-7-12(17-5)10(8-11)9-16/h6-9,16-17H,1-5H3. The molecule has 0 bridgehead atoms. The van der Waals surface area contributed by atoms with E-state index in [1.807, 2.05) is 52.9 Å². The van der Waals surface area contributed by atoms with Crippen LogP contribution in [0.3, 0.4) is 0 Å². The van der Waals surface area contributed by atoms with Gasteiger partial charge in [0.15, 0.2) is 0 Å². The van der Waals surface area contributed by atoms with Crippen LogP contribution in [0.5, 0.6) is 0 Å². The van der Waals surface area contributed by atoms with Gasteiger partial charge in [0.1, 0.15) is 0 Å². The molecule has 0 atom stereocenters. The lowest BCUT2D eigenvalue weighted by molar-refractivity contribution is 0.00578. The van der Waals surface area contributed by atoms with Gasteiger partial charge in [-0.2, -0.15) is 0 Å². The Morgan fingerprint density at radius 1 is 1.16 bits per heavy atom. The van der Waals surface area contributed by atoms with Crippen LogP contribution in [0.25, 0.3) is 0 Å². The normalized spacial score (nSPS) is 20.4. The Hall–Kier alpha value is -1.33. The van der Waals surface area contributed by atoms with Gasteiger partial charge in [-0.1, -0.05) is 12.1 Å². The highest BCUT2D eigenvalue weighted by molar-refractivity contribution is 6.62. The Kier molecular flexibility index (Phi) is 3.45. The van der Waals surface area contributed by atoms with Crippen molar-refractivity contribution < 1.29 is 9.31 Å². The van der Waals surface area contributed by atoms with Crippen LogP contribution in [0, 0.1) is 5.41 Å². The molecule has 1 saturated heterocycles. The summed E-state index contributed by atoms with van der Waals surface area (Å²) in [6.45, 7) is 8.14. The molecule has 0 radical (unpaired) electrons. The Labute approximate surface area is 115 Å². The molecular weight excluding hydrogens is 239 g/mol. The molecule has 1 aromatic rings. The molecule has 1 aliphatic rings. The molecule has 1 aromatic carbocycles. The van der Waals surface area contributed by atoms with Crippen molar-refractivity contribution in [3.8, 4) is 0 Å². The lowest BCUT2D eigenvalue weighted by Gasteiger charge is -2.32. The van der Waals surface area contributed by atoms with Crippen LogP contribution in [0.4, 0.5) is 5.69 Å². The Morgan fingerprint density at radius 3 is 2.21 bits per heavy atom. The minimum Gasteiger partial charge on any atom is -0.399 e. The number of benzene rings is 1. The van der Waals surface area contributed by atoms with Crippen LogP contribution in [-0.2, 0) is 9.31 Å². The first-order valence-corrected chi connectivity index (χ1v) is 6.48. The first kappa shape index (κ1) is 14.1. The Morgan fingerprint density at radius 2 is 1.74 bits per heavy atom. The summed E-state index contributed by atoms with van der Waals surface area (Å²) in [7, 11) is 1.46. The zero-order chi connectivity index (χ0) is 14.3. The molecule has 2 N–H and O–H groups in total. The molecule has 0 amide bonds. The van der Waals surface area contributed by atoms with Crippen LogP contribution in [-0.4, -0.2) is 31.6 Å². The van der Waals surface area contributed by atoms with Crippen LogP contribution >= 0.6 is 0 Å². The van der Waals surface area contributed by atoms with Crippen molar-refractivity contribution in [2.24, 2.45) is 0 Å². The number of nitrogens with one attached hydrogen (secondary N) is 2. The van der Waals surface area contributed by atoms with Crippen LogP contribution in [0.1, 0.15) is 33.3 Å². The number of rotatable bonds is 3. The first-order chi connectivity index (χ1) is 8.80. The molecule has 0 aromatic heterocycles. The quantitative estimate of drug-likeness (QED) is 0.645. The van der Waals surface area contributed by atoms with Crippen molar-refractivity contribution >= 4 is 24.5 Å². The van der Waals surface area contributed by atoms with Crippen LogP contribution < -0.4 is 10.8 Å². The Balaban J connectivity index is 2.32. The second-order valence-electron chi connectivity index (χ2n) is 5.83. The third-order valence-electron chi connectivity index (χ3n) is 4.03. The summed E-state index contributed by atoms with van der Waals surface area (Å²) >= 11 is 0. The smallest absolute Gasteiger partial charge is 0.399 e. The summed E-state index contributed by atoms with van der Waals surface area (Å²) < 4.78 is 12.0. The van der Waals surface area contributed by atoms with E-state index in [0.717, 1.165) is 16.7 Å². The van der Waals surface area contributed by atoms with Gasteiger partial charge >= 0.3 is 7.12 Å². The topological polar surface area (TPSA) is 54.3 Å². The summed E-state index contributed by atoms with van der Waals surface area (Å²) in [6.07, 6.45) is 1.33. The first-order valence-electron chi connectivity index (χ1n) is 6.48. The van der Waals surface area contributed by atoms with Crippen molar-refractivity contribution in [1.29, 1.82) is 5.41 Å². The van der Waals surface area contributed by atoms with Gasteiger partial charge in [0.2, 0.25) is 0 Å². The third kappa shape index (κ3) is 2.40. The molecule has 2 rings (SSSR count). The summed E-state index contributed by atoms with van der Waals surface area (Å²) in [5.74, 6) is 0. The third-order valence-corrected chi connectivity index (χ3v) is 4.03. The molecule has 1 heterocycles. The molecule has 102 valence electrons. The van der Waals surface area contributed by atoms with Crippen molar-refractivity contribution in [3.05, 3.63) is 23.8 Å². The zero-order valence-corrected chi connectivity index (χ0v) is 12.2. The number of hydrogen-bond acceptors (Lipinski definition) is 4. The van der Waals surface area contributed by atoms with Gasteiger partial charge < -0.3 is 20.0 Å². The van der Waals surface area contributed by atoms with Crippen LogP contribution in [0.15, 0.2) is 18.2 Å². The molecule has 4 nitrogen and oxygen atoms in total. The van der Waals surface area contributed by atoms with Gasteiger partial charge in [-0.25, -0.2) is 0 Å².